The number of nitrogens with one attached hydrogen (secondary N) is 1. The number of para-hydroxylation sites is 1. The quantitative estimate of drug-likeness (QED) is 0.452. The molecule has 1 fully saturated rings. The molecule has 8 heteroatoms. The van der Waals surface area contributed by atoms with Crippen molar-refractivity contribution in [3.05, 3.63) is 90.5 Å². The minimum absolute atomic E-state index is 0.00722. The number of hydrogen-bond acceptors (Lipinski definition) is 6. The van der Waals surface area contributed by atoms with E-state index in [0.29, 0.717) is 17.0 Å². The van der Waals surface area contributed by atoms with E-state index in [1.165, 1.54) is 12.0 Å². The monoisotopic (exact) mass is 487 g/mol. The Hall–Kier alpha value is -4.17. The van der Waals surface area contributed by atoms with Crippen LogP contribution in [0.5, 0.6) is 5.75 Å². The molecule has 2 N–H and O–H groups in total. The van der Waals surface area contributed by atoms with Crippen molar-refractivity contribution in [3.63, 3.8) is 0 Å². The van der Waals surface area contributed by atoms with Gasteiger partial charge in [0.05, 0.1) is 12.3 Å². The summed E-state index contributed by atoms with van der Waals surface area (Å²) in [6.07, 6.45) is -0.651. The summed E-state index contributed by atoms with van der Waals surface area (Å²) in [5, 5.41) is 16.9. The molecule has 0 spiro atoms. The van der Waals surface area contributed by atoms with Crippen molar-refractivity contribution < 1.29 is 24.3 Å². The molecule has 8 nitrogen and oxygen atoms in total. The highest BCUT2D eigenvalue weighted by Gasteiger charge is 2.38. The molecule has 4 rings (SSSR count). The van der Waals surface area contributed by atoms with E-state index >= 15 is 0 Å². The molecule has 2 atom stereocenters. The first kappa shape index (κ1) is 24.9. The molecule has 0 aliphatic carbocycles. The second kappa shape index (κ2) is 12.0. The Morgan fingerprint density at radius 2 is 1.64 bits per heavy atom. The number of nitrogens with zero attached hydrogens (tertiary/aromatic N) is 2. The number of carbonyl (C=O) groups excluding carboxylic acids is 2. The molecular formula is C28H29N3O5. The summed E-state index contributed by atoms with van der Waals surface area (Å²) in [5.74, 6) is -0.0116. The van der Waals surface area contributed by atoms with Crippen molar-refractivity contribution in [2.45, 2.75) is 18.6 Å². The number of hydrogen-bond donors (Lipinski definition) is 2. The second-order valence-electron chi connectivity index (χ2n) is 8.46. The van der Waals surface area contributed by atoms with E-state index < -0.39 is 12.1 Å². The standard InChI is InChI=1S/C28H29N3O5/c1-35-30-23-16-26(27(33)29-17-24(32)19-36-25-10-6-3-7-11-25)31(18-23)28(34)22-14-12-21(13-15-22)20-8-4-2-5-9-20/h2-15,24,26,32H,16-19H2,1H3,(H,29,33). The van der Waals surface area contributed by atoms with Gasteiger partial charge in [0.25, 0.3) is 5.91 Å². The van der Waals surface area contributed by atoms with E-state index in [4.69, 9.17) is 9.57 Å². The van der Waals surface area contributed by atoms with Crippen LogP contribution in [0.1, 0.15) is 16.8 Å². The summed E-state index contributed by atoms with van der Waals surface area (Å²) in [6.45, 7) is 0.208. The van der Waals surface area contributed by atoms with E-state index in [1.807, 2.05) is 60.7 Å². The van der Waals surface area contributed by atoms with Crippen LogP contribution in [0.3, 0.4) is 0 Å². The van der Waals surface area contributed by atoms with E-state index in [1.54, 1.807) is 24.3 Å². The van der Waals surface area contributed by atoms with Gasteiger partial charge in [-0.15, -0.1) is 0 Å². The first-order chi connectivity index (χ1) is 17.5. The van der Waals surface area contributed by atoms with E-state index in [-0.39, 0.29) is 37.9 Å². The third-order valence-electron chi connectivity index (χ3n) is 5.88. The smallest absolute Gasteiger partial charge is 0.254 e. The molecule has 0 aromatic heterocycles. The van der Waals surface area contributed by atoms with Crippen molar-refractivity contribution in [2.24, 2.45) is 5.16 Å². The van der Waals surface area contributed by atoms with E-state index in [2.05, 4.69) is 10.5 Å². The summed E-state index contributed by atoms with van der Waals surface area (Å²) in [5.41, 5.74) is 3.12. The first-order valence-corrected chi connectivity index (χ1v) is 11.7. The zero-order valence-corrected chi connectivity index (χ0v) is 20.0. The van der Waals surface area contributed by atoms with Gasteiger partial charge in [-0.2, -0.15) is 0 Å². The van der Waals surface area contributed by atoms with Crippen molar-refractivity contribution in [1.82, 2.24) is 10.2 Å². The number of amides is 2. The van der Waals surface area contributed by atoms with Crippen LogP contribution in [-0.2, 0) is 9.63 Å². The van der Waals surface area contributed by atoms with Crippen LogP contribution in [0, 0.1) is 0 Å². The molecule has 0 saturated carbocycles. The van der Waals surface area contributed by atoms with Crippen LogP contribution in [0.4, 0.5) is 0 Å². The molecule has 1 heterocycles. The fourth-order valence-corrected chi connectivity index (χ4v) is 4.05. The zero-order chi connectivity index (χ0) is 25.3. The van der Waals surface area contributed by atoms with Crippen LogP contribution < -0.4 is 10.1 Å². The van der Waals surface area contributed by atoms with Crippen LogP contribution >= 0.6 is 0 Å². The molecule has 186 valence electrons. The lowest BCUT2D eigenvalue weighted by atomic mass is 10.0. The molecule has 36 heavy (non-hydrogen) atoms. The normalized spacial score (nSPS) is 17.0. The topological polar surface area (TPSA) is 100 Å². The van der Waals surface area contributed by atoms with Gasteiger partial charge < -0.3 is 24.9 Å². The van der Waals surface area contributed by atoms with Crippen molar-refractivity contribution >= 4 is 17.5 Å². The average molecular weight is 488 g/mol. The van der Waals surface area contributed by atoms with Gasteiger partial charge in [0.1, 0.15) is 31.6 Å². The number of carbonyl (C=O) groups is 2. The minimum atomic E-state index is -0.905. The molecule has 2 amide bonds. The molecule has 1 saturated heterocycles. The van der Waals surface area contributed by atoms with Crippen LogP contribution in [0.25, 0.3) is 11.1 Å². The predicted octanol–water partition coefficient (Wildman–Crippen LogP) is 3.13. The van der Waals surface area contributed by atoms with Gasteiger partial charge in [0.15, 0.2) is 0 Å². The lowest BCUT2D eigenvalue weighted by molar-refractivity contribution is -0.125. The van der Waals surface area contributed by atoms with Gasteiger partial charge in [-0.3, -0.25) is 9.59 Å². The fourth-order valence-electron chi connectivity index (χ4n) is 4.05. The van der Waals surface area contributed by atoms with Gasteiger partial charge >= 0.3 is 0 Å². The molecular weight excluding hydrogens is 458 g/mol. The molecule has 3 aromatic carbocycles. The molecule has 1 aliphatic heterocycles. The zero-order valence-electron chi connectivity index (χ0n) is 20.0. The highest BCUT2D eigenvalue weighted by atomic mass is 16.6. The highest BCUT2D eigenvalue weighted by Crippen LogP contribution is 2.23. The number of likely N-dealkylation sites (tertiary alicyclic amines) is 1. The number of aliphatic hydroxyl groups is 1. The lowest BCUT2D eigenvalue weighted by Gasteiger charge is -2.24. The summed E-state index contributed by atoms with van der Waals surface area (Å²) < 4.78 is 5.53. The molecule has 1 aliphatic rings. The van der Waals surface area contributed by atoms with Crippen LogP contribution in [-0.4, -0.2) is 66.5 Å². The fraction of sp³-hybridized carbons (Fsp3) is 0.250. The summed E-state index contributed by atoms with van der Waals surface area (Å²) in [4.78, 5) is 32.7. The van der Waals surface area contributed by atoms with Gasteiger partial charge in [-0.1, -0.05) is 65.8 Å². The van der Waals surface area contributed by atoms with Crippen LogP contribution in [0.2, 0.25) is 0 Å². The highest BCUT2D eigenvalue weighted by molar-refractivity contribution is 6.05. The van der Waals surface area contributed by atoms with Gasteiger partial charge in [-0.25, -0.2) is 0 Å². The first-order valence-electron chi connectivity index (χ1n) is 11.7. The average Bonchev–Trinajstić information content (AvgIpc) is 3.35. The van der Waals surface area contributed by atoms with Crippen molar-refractivity contribution in [3.8, 4) is 16.9 Å². The Balaban J connectivity index is 1.39. The maximum absolute atomic E-state index is 13.3. The van der Waals surface area contributed by atoms with E-state index in [9.17, 15) is 14.7 Å². The SMILES string of the molecule is CON=C1CC(C(=O)NCC(O)COc2ccccc2)N(C(=O)c2ccc(-c3ccccc3)cc2)C1. The number of rotatable bonds is 9. The number of oxime groups is 1. The number of ether oxygens (including phenoxy) is 1. The third kappa shape index (κ3) is 6.28. The summed E-state index contributed by atoms with van der Waals surface area (Å²) in [7, 11) is 1.43. The second-order valence-corrected chi connectivity index (χ2v) is 8.46. The lowest BCUT2D eigenvalue weighted by Crippen LogP contribution is -2.48. The van der Waals surface area contributed by atoms with Gasteiger partial charge in [0, 0.05) is 18.5 Å². The molecule has 3 aromatic rings. The minimum Gasteiger partial charge on any atom is -0.491 e. The van der Waals surface area contributed by atoms with Crippen LogP contribution in [0.15, 0.2) is 90.1 Å². The number of aliphatic hydroxyl groups excluding tert-OH is 1. The van der Waals surface area contributed by atoms with Crippen molar-refractivity contribution in [2.75, 3.05) is 26.8 Å². The largest absolute Gasteiger partial charge is 0.491 e. The maximum Gasteiger partial charge on any atom is 0.254 e. The molecule has 0 bridgehead atoms. The third-order valence-corrected chi connectivity index (χ3v) is 5.88. The Morgan fingerprint density at radius 1 is 1.00 bits per heavy atom. The Morgan fingerprint density at radius 3 is 2.31 bits per heavy atom. The van der Waals surface area contributed by atoms with Gasteiger partial charge in [-0.05, 0) is 35.4 Å². The van der Waals surface area contributed by atoms with Gasteiger partial charge in [0.2, 0.25) is 5.91 Å². The summed E-state index contributed by atoms with van der Waals surface area (Å²) in [6, 6.07) is 25.5. The summed E-state index contributed by atoms with van der Waals surface area (Å²) >= 11 is 0. The Kier molecular flexibility index (Phi) is 8.31. The Labute approximate surface area is 210 Å². The molecule has 0 radical (unpaired) electrons. The van der Waals surface area contributed by atoms with E-state index in [0.717, 1.165) is 11.1 Å². The predicted molar refractivity (Wildman–Crippen MR) is 137 cm³/mol. The number of benzene rings is 3. The maximum atomic E-state index is 13.3. The Bertz CT molecular complexity index is 1180. The van der Waals surface area contributed by atoms with Crippen molar-refractivity contribution in [1.29, 1.82) is 0 Å². The molecule has 2 unspecified atom stereocenters.